The SMILES string of the molecule is CNS(=O)(=O)c1cccc(-c2cc(CN(C)S(=O)(=O)c3ccc(F)cc3)ccc2OCC(=O)O)c1. The van der Waals surface area contributed by atoms with Crippen LogP contribution in [-0.2, 0) is 31.4 Å². The van der Waals surface area contributed by atoms with Crippen molar-refractivity contribution in [3.63, 3.8) is 0 Å². The third-order valence-corrected chi connectivity index (χ3v) is 8.28. The van der Waals surface area contributed by atoms with E-state index in [-0.39, 0.29) is 22.1 Å². The van der Waals surface area contributed by atoms with Gasteiger partial charge in [0.1, 0.15) is 11.6 Å². The molecule has 3 aromatic carbocycles. The van der Waals surface area contributed by atoms with E-state index < -0.39 is 38.4 Å². The second kappa shape index (κ2) is 10.5. The smallest absolute Gasteiger partial charge is 0.341 e. The van der Waals surface area contributed by atoms with Gasteiger partial charge in [-0.25, -0.2) is 30.7 Å². The fraction of sp³-hybridized carbons (Fsp3) is 0.174. The molecule has 0 aromatic heterocycles. The number of nitrogens with one attached hydrogen (secondary N) is 1. The number of aliphatic carboxylic acids is 1. The normalized spacial score (nSPS) is 12.0. The van der Waals surface area contributed by atoms with E-state index in [2.05, 4.69) is 4.72 Å². The molecule has 3 aromatic rings. The fourth-order valence-corrected chi connectivity index (χ4v) is 5.18. The Kier molecular flexibility index (Phi) is 7.90. The molecule has 0 atom stereocenters. The Hall–Kier alpha value is -3.32. The van der Waals surface area contributed by atoms with Gasteiger partial charge in [0, 0.05) is 19.2 Å². The summed E-state index contributed by atoms with van der Waals surface area (Å²) in [6.45, 7) is -0.694. The molecular weight excluding hydrogens is 499 g/mol. The number of sulfonamides is 2. The predicted molar refractivity (Wildman–Crippen MR) is 126 cm³/mol. The van der Waals surface area contributed by atoms with Crippen LogP contribution in [0.25, 0.3) is 11.1 Å². The number of carboxylic acids is 1. The summed E-state index contributed by atoms with van der Waals surface area (Å²) in [5, 5.41) is 9.00. The van der Waals surface area contributed by atoms with Crippen molar-refractivity contribution in [2.75, 3.05) is 20.7 Å². The lowest BCUT2D eigenvalue weighted by Crippen LogP contribution is -2.26. The molecular formula is C23H23FN2O7S2. The zero-order chi connectivity index (χ0) is 25.8. The predicted octanol–water partition coefficient (Wildman–Crippen LogP) is 2.68. The van der Waals surface area contributed by atoms with Gasteiger partial charge >= 0.3 is 5.97 Å². The number of carbonyl (C=O) groups is 1. The lowest BCUT2D eigenvalue weighted by Gasteiger charge is -2.19. The van der Waals surface area contributed by atoms with Gasteiger partial charge in [-0.1, -0.05) is 18.2 Å². The van der Waals surface area contributed by atoms with Gasteiger partial charge < -0.3 is 9.84 Å². The number of benzene rings is 3. The summed E-state index contributed by atoms with van der Waals surface area (Å²) >= 11 is 0. The van der Waals surface area contributed by atoms with Gasteiger partial charge in [-0.15, -0.1) is 0 Å². The monoisotopic (exact) mass is 522 g/mol. The molecule has 0 aliphatic carbocycles. The summed E-state index contributed by atoms with van der Waals surface area (Å²) in [7, 11) is -5.02. The molecule has 0 radical (unpaired) electrons. The minimum Gasteiger partial charge on any atom is -0.481 e. The molecule has 0 spiro atoms. The van der Waals surface area contributed by atoms with E-state index in [1.165, 1.54) is 50.5 Å². The van der Waals surface area contributed by atoms with E-state index in [9.17, 15) is 26.0 Å². The summed E-state index contributed by atoms with van der Waals surface area (Å²) in [5.74, 6) is -1.58. The Bertz CT molecular complexity index is 1440. The molecule has 2 N–H and O–H groups in total. The number of ether oxygens (including phenoxy) is 1. The minimum atomic E-state index is -3.92. The van der Waals surface area contributed by atoms with Crippen molar-refractivity contribution in [1.29, 1.82) is 0 Å². The van der Waals surface area contributed by atoms with Crippen LogP contribution in [0.1, 0.15) is 5.56 Å². The number of hydrogen-bond acceptors (Lipinski definition) is 6. The number of hydrogen-bond donors (Lipinski definition) is 2. The molecule has 0 aliphatic rings. The van der Waals surface area contributed by atoms with Crippen LogP contribution in [0.3, 0.4) is 0 Å². The van der Waals surface area contributed by atoms with Crippen LogP contribution in [0, 0.1) is 5.82 Å². The summed E-state index contributed by atoms with van der Waals surface area (Å²) in [6, 6.07) is 15.1. The highest BCUT2D eigenvalue weighted by atomic mass is 32.2. The van der Waals surface area contributed by atoms with E-state index >= 15 is 0 Å². The maximum Gasteiger partial charge on any atom is 0.341 e. The summed E-state index contributed by atoms with van der Waals surface area (Å²) in [5.41, 5.74) is 1.33. The molecule has 0 heterocycles. The third-order valence-electron chi connectivity index (χ3n) is 5.05. The molecule has 3 rings (SSSR count). The van der Waals surface area contributed by atoms with Crippen LogP contribution in [0.4, 0.5) is 4.39 Å². The number of nitrogens with zero attached hydrogens (tertiary/aromatic N) is 1. The van der Waals surface area contributed by atoms with Crippen molar-refractivity contribution in [3.05, 3.63) is 78.1 Å². The van der Waals surface area contributed by atoms with Gasteiger partial charge in [-0.3, -0.25) is 0 Å². The van der Waals surface area contributed by atoms with Crippen LogP contribution in [-0.4, -0.2) is 52.9 Å². The highest BCUT2D eigenvalue weighted by Crippen LogP contribution is 2.33. The van der Waals surface area contributed by atoms with E-state index in [1.54, 1.807) is 18.2 Å². The van der Waals surface area contributed by atoms with Crippen LogP contribution in [0.5, 0.6) is 5.75 Å². The maximum absolute atomic E-state index is 13.2. The largest absolute Gasteiger partial charge is 0.481 e. The summed E-state index contributed by atoms with van der Waals surface area (Å²) in [4.78, 5) is 10.9. The molecule has 0 aliphatic heterocycles. The van der Waals surface area contributed by atoms with E-state index in [4.69, 9.17) is 9.84 Å². The number of rotatable bonds is 10. The highest BCUT2D eigenvalue weighted by Gasteiger charge is 2.22. The molecule has 0 amide bonds. The fourth-order valence-electron chi connectivity index (χ4n) is 3.24. The molecule has 186 valence electrons. The highest BCUT2D eigenvalue weighted by molar-refractivity contribution is 7.89. The zero-order valence-electron chi connectivity index (χ0n) is 18.8. The van der Waals surface area contributed by atoms with Gasteiger partial charge in [0.25, 0.3) is 0 Å². The molecule has 0 fully saturated rings. The summed E-state index contributed by atoms with van der Waals surface area (Å²) < 4.78 is 72.1. The number of halogens is 1. The first-order chi connectivity index (χ1) is 16.4. The first-order valence-corrected chi connectivity index (χ1v) is 13.1. The Morgan fingerprint density at radius 1 is 1.00 bits per heavy atom. The maximum atomic E-state index is 13.2. The first kappa shape index (κ1) is 26.3. The van der Waals surface area contributed by atoms with Crippen molar-refractivity contribution in [1.82, 2.24) is 9.03 Å². The quantitative estimate of drug-likeness (QED) is 0.419. The summed E-state index contributed by atoms with van der Waals surface area (Å²) in [6.07, 6.45) is 0. The molecule has 35 heavy (non-hydrogen) atoms. The van der Waals surface area contributed by atoms with Crippen molar-refractivity contribution in [3.8, 4) is 16.9 Å². The van der Waals surface area contributed by atoms with Gasteiger partial charge in [-0.2, -0.15) is 4.31 Å². The van der Waals surface area contributed by atoms with Crippen molar-refractivity contribution in [2.45, 2.75) is 16.3 Å². The topological polar surface area (TPSA) is 130 Å². The van der Waals surface area contributed by atoms with Crippen LogP contribution < -0.4 is 9.46 Å². The second-order valence-corrected chi connectivity index (χ2v) is 11.4. The van der Waals surface area contributed by atoms with Crippen molar-refractivity contribution < 1.29 is 35.9 Å². The van der Waals surface area contributed by atoms with Gasteiger partial charge in [0.2, 0.25) is 20.0 Å². The number of carboxylic acid groups (broad SMARTS) is 1. The van der Waals surface area contributed by atoms with E-state index in [0.717, 1.165) is 16.4 Å². The average molecular weight is 523 g/mol. The minimum absolute atomic E-state index is 0.0110. The van der Waals surface area contributed by atoms with Crippen LogP contribution >= 0.6 is 0 Å². The van der Waals surface area contributed by atoms with Crippen molar-refractivity contribution >= 4 is 26.0 Å². The Morgan fingerprint density at radius 3 is 2.31 bits per heavy atom. The van der Waals surface area contributed by atoms with E-state index in [1.807, 2.05) is 0 Å². The lowest BCUT2D eigenvalue weighted by atomic mass is 10.0. The first-order valence-electron chi connectivity index (χ1n) is 10.2. The van der Waals surface area contributed by atoms with Crippen LogP contribution in [0.2, 0.25) is 0 Å². The van der Waals surface area contributed by atoms with Gasteiger partial charge in [0.15, 0.2) is 6.61 Å². The second-order valence-electron chi connectivity index (χ2n) is 7.46. The lowest BCUT2D eigenvalue weighted by molar-refractivity contribution is -0.139. The Labute approximate surface area is 202 Å². The standard InChI is InChI=1S/C23H23FN2O7S2/c1-25-34(29,30)20-5-3-4-17(13-20)21-12-16(6-11-22(21)33-15-23(27)28)14-26(2)35(31,32)19-9-7-18(24)8-10-19/h3-13,25H,14-15H2,1-2H3,(H,27,28). The molecule has 0 saturated heterocycles. The average Bonchev–Trinajstić information content (AvgIpc) is 2.83. The Morgan fingerprint density at radius 2 is 1.69 bits per heavy atom. The molecule has 0 saturated carbocycles. The molecule has 12 heteroatoms. The molecule has 9 nitrogen and oxygen atoms in total. The molecule has 0 unspecified atom stereocenters. The zero-order valence-corrected chi connectivity index (χ0v) is 20.4. The van der Waals surface area contributed by atoms with Crippen molar-refractivity contribution in [2.24, 2.45) is 0 Å². The third kappa shape index (κ3) is 6.22. The Balaban J connectivity index is 2.01. The van der Waals surface area contributed by atoms with E-state index in [0.29, 0.717) is 16.7 Å². The van der Waals surface area contributed by atoms with Gasteiger partial charge in [0.05, 0.1) is 9.79 Å². The molecule has 0 bridgehead atoms. The van der Waals surface area contributed by atoms with Crippen LogP contribution in [0.15, 0.2) is 76.5 Å². The van der Waals surface area contributed by atoms with Gasteiger partial charge in [-0.05, 0) is 66.7 Å².